The van der Waals surface area contributed by atoms with Crippen molar-refractivity contribution in [1.82, 2.24) is 20.0 Å². The van der Waals surface area contributed by atoms with Crippen LogP contribution in [0.3, 0.4) is 0 Å². The van der Waals surface area contributed by atoms with Crippen molar-refractivity contribution in [2.45, 2.75) is 39.2 Å². The summed E-state index contributed by atoms with van der Waals surface area (Å²) in [5.41, 5.74) is 2.79. The van der Waals surface area contributed by atoms with E-state index in [1.165, 1.54) is 43.9 Å². The van der Waals surface area contributed by atoms with E-state index in [9.17, 15) is 0 Å². The van der Waals surface area contributed by atoms with Crippen LogP contribution in [0.4, 0.5) is 0 Å². The summed E-state index contributed by atoms with van der Waals surface area (Å²) in [6.45, 7) is 12.8. The Bertz CT molecular complexity index is 477. The molecule has 2 saturated heterocycles. The first-order valence-electron chi connectivity index (χ1n) is 7.89. The largest absolute Gasteiger partial charge is 0.316 e. The van der Waals surface area contributed by atoms with E-state index in [0.717, 1.165) is 18.4 Å². The van der Waals surface area contributed by atoms with E-state index < -0.39 is 0 Å². The third kappa shape index (κ3) is 3.61. The summed E-state index contributed by atoms with van der Waals surface area (Å²) >= 11 is 0. The summed E-state index contributed by atoms with van der Waals surface area (Å²) in [6.07, 6.45) is 3.56. The van der Waals surface area contributed by atoms with Gasteiger partial charge in [0.15, 0.2) is 0 Å². The first-order valence-corrected chi connectivity index (χ1v) is 7.89. The molecule has 4 nitrogen and oxygen atoms in total. The van der Waals surface area contributed by atoms with Gasteiger partial charge in [-0.05, 0) is 37.9 Å². The zero-order valence-electron chi connectivity index (χ0n) is 13.7. The summed E-state index contributed by atoms with van der Waals surface area (Å²) in [7, 11) is 2.03. The van der Waals surface area contributed by atoms with E-state index >= 15 is 0 Å². The first-order chi connectivity index (χ1) is 9.43. The molecule has 2 fully saturated rings. The Morgan fingerprint density at radius 3 is 2.71 bits per heavy atom. The van der Waals surface area contributed by atoms with Crippen molar-refractivity contribution in [2.24, 2.45) is 18.9 Å². The average molecular weight is 313 g/mol. The van der Waals surface area contributed by atoms with E-state index in [2.05, 4.69) is 37.2 Å². The lowest BCUT2D eigenvalue weighted by molar-refractivity contribution is 0.141. The van der Waals surface area contributed by atoms with Gasteiger partial charge < -0.3 is 5.32 Å². The van der Waals surface area contributed by atoms with Crippen LogP contribution in [-0.2, 0) is 19.0 Å². The van der Waals surface area contributed by atoms with Crippen molar-refractivity contribution in [3.63, 3.8) is 0 Å². The van der Waals surface area contributed by atoms with E-state index in [1.54, 1.807) is 0 Å². The van der Waals surface area contributed by atoms with Crippen molar-refractivity contribution < 1.29 is 0 Å². The molecule has 1 aromatic heterocycles. The van der Waals surface area contributed by atoms with Gasteiger partial charge in [0, 0.05) is 37.3 Å². The highest BCUT2D eigenvalue weighted by atomic mass is 35.5. The van der Waals surface area contributed by atoms with Crippen molar-refractivity contribution in [2.75, 3.05) is 26.2 Å². The minimum atomic E-state index is 0. The molecule has 0 amide bonds. The standard InChI is InChI=1S/C16H28N4.ClH/c1-16(2,3)15-14(9-19(4)18-15)11-20-6-5-12-7-17-8-13(12)10-20;/h9,12-13,17H,5-8,10-11H2,1-4H3;1H. The van der Waals surface area contributed by atoms with Crippen molar-refractivity contribution in [3.8, 4) is 0 Å². The number of halogens is 1. The molecule has 1 N–H and O–H groups in total. The van der Waals surface area contributed by atoms with Crippen molar-refractivity contribution in [1.29, 1.82) is 0 Å². The lowest BCUT2D eigenvalue weighted by atomic mass is 9.87. The first kappa shape index (κ1) is 16.8. The monoisotopic (exact) mass is 312 g/mol. The van der Waals surface area contributed by atoms with Gasteiger partial charge in [-0.15, -0.1) is 12.4 Å². The van der Waals surface area contributed by atoms with Crippen LogP contribution in [0, 0.1) is 11.8 Å². The number of aromatic nitrogens is 2. The summed E-state index contributed by atoms with van der Waals surface area (Å²) < 4.78 is 1.97. The number of nitrogens with one attached hydrogen (secondary N) is 1. The van der Waals surface area contributed by atoms with Crippen LogP contribution in [0.1, 0.15) is 38.4 Å². The van der Waals surface area contributed by atoms with Gasteiger partial charge in [0.2, 0.25) is 0 Å². The summed E-state index contributed by atoms with van der Waals surface area (Å²) in [4.78, 5) is 2.63. The SMILES string of the molecule is Cl.Cn1cc(CN2CCC3CNCC3C2)c(C(C)(C)C)n1. The highest BCUT2D eigenvalue weighted by Gasteiger charge is 2.33. The van der Waals surface area contributed by atoms with Crippen molar-refractivity contribution >= 4 is 12.4 Å². The predicted molar refractivity (Wildman–Crippen MR) is 88.9 cm³/mol. The quantitative estimate of drug-likeness (QED) is 0.908. The zero-order chi connectivity index (χ0) is 14.3. The number of hydrogen-bond acceptors (Lipinski definition) is 3. The smallest absolute Gasteiger partial charge is 0.0722 e. The Morgan fingerprint density at radius 2 is 2.00 bits per heavy atom. The highest BCUT2D eigenvalue weighted by molar-refractivity contribution is 5.85. The van der Waals surface area contributed by atoms with Crippen LogP contribution in [-0.4, -0.2) is 40.9 Å². The van der Waals surface area contributed by atoms with Gasteiger partial charge in [-0.25, -0.2) is 0 Å². The van der Waals surface area contributed by atoms with Gasteiger partial charge in [0.1, 0.15) is 0 Å². The van der Waals surface area contributed by atoms with E-state index in [-0.39, 0.29) is 17.8 Å². The second-order valence-corrected chi connectivity index (χ2v) is 7.63. The summed E-state index contributed by atoms with van der Waals surface area (Å²) in [5, 5.41) is 8.24. The fraction of sp³-hybridized carbons (Fsp3) is 0.812. The fourth-order valence-electron chi connectivity index (χ4n) is 3.78. The number of hydrogen-bond donors (Lipinski definition) is 1. The van der Waals surface area contributed by atoms with Crippen LogP contribution >= 0.6 is 12.4 Å². The Kier molecular flexibility index (Phi) is 5.01. The molecule has 1 aromatic rings. The van der Waals surface area contributed by atoms with Crippen LogP contribution in [0.2, 0.25) is 0 Å². The number of fused-ring (bicyclic) bond motifs is 1. The highest BCUT2D eigenvalue weighted by Crippen LogP contribution is 2.29. The number of aryl methyl sites for hydroxylation is 1. The molecule has 0 saturated carbocycles. The normalized spacial score (nSPS) is 26.5. The molecule has 0 radical (unpaired) electrons. The second kappa shape index (κ2) is 6.27. The van der Waals surface area contributed by atoms with Gasteiger partial charge in [0.25, 0.3) is 0 Å². The maximum absolute atomic E-state index is 4.69. The zero-order valence-corrected chi connectivity index (χ0v) is 14.5. The molecule has 0 bridgehead atoms. The molecule has 120 valence electrons. The van der Waals surface area contributed by atoms with Gasteiger partial charge in [-0.3, -0.25) is 9.58 Å². The molecular weight excluding hydrogens is 284 g/mol. The fourth-order valence-corrected chi connectivity index (χ4v) is 3.78. The molecular formula is C16H29ClN4. The Hall–Kier alpha value is -0.580. The van der Waals surface area contributed by atoms with Crippen LogP contribution in [0.15, 0.2) is 6.20 Å². The van der Waals surface area contributed by atoms with Crippen LogP contribution < -0.4 is 5.32 Å². The van der Waals surface area contributed by atoms with Crippen LogP contribution in [0.25, 0.3) is 0 Å². The Balaban J connectivity index is 0.00000161. The molecule has 21 heavy (non-hydrogen) atoms. The Labute approximate surface area is 134 Å². The van der Waals surface area contributed by atoms with Gasteiger partial charge in [-0.1, -0.05) is 20.8 Å². The predicted octanol–water partition coefficient (Wildman–Crippen LogP) is 2.18. The van der Waals surface area contributed by atoms with E-state index in [0.29, 0.717) is 0 Å². The molecule has 2 unspecified atom stereocenters. The van der Waals surface area contributed by atoms with E-state index in [4.69, 9.17) is 5.10 Å². The topological polar surface area (TPSA) is 33.1 Å². The van der Waals surface area contributed by atoms with E-state index in [1.807, 2.05) is 11.7 Å². The summed E-state index contributed by atoms with van der Waals surface area (Å²) in [6, 6.07) is 0. The maximum Gasteiger partial charge on any atom is 0.0722 e. The van der Waals surface area contributed by atoms with Crippen molar-refractivity contribution in [3.05, 3.63) is 17.5 Å². The minimum absolute atomic E-state index is 0. The lowest BCUT2D eigenvalue weighted by Crippen LogP contribution is -2.39. The van der Waals surface area contributed by atoms with Gasteiger partial charge in [0.05, 0.1) is 5.69 Å². The summed E-state index contributed by atoms with van der Waals surface area (Å²) in [5.74, 6) is 1.78. The average Bonchev–Trinajstić information content (AvgIpc) is 2.94. The maximum atomic E-state index is 4.69. The molecule has 3 rings (SSSR count). The minimum Gasteiger partial charge on any atom is -0.316 e. The molecule has 2 aliphatic heterocycles. The lowest BCUT2D eigenvalue weighted by Gasteiger charge is -2.34. The number of likely N-dealkylation sites (tertiary alicyclic amines) is 1. The molecule has 0 spiro atoms. The molecule has 5 heteroatoms. The number of rotatable bonds is 2. The second-order valence-electron chi connectivity index (χ2n) is 7.63. The van der Waals surface area contributed by atoms with Crippen LogP contribution in [0.5, 0.6) is 0 Å². The molecule has 3 heterocycles. The molecule has 2 atom stereocenters. The molecule has 2 aliphatic rings. The Morgan fingerprint density at radius 1 is 1.29 bits per heavy atom. The van der Waals surface area contributed by atoms with Gasteiger partial charge in [-0.2, -0.15) is 5.10 Å². The third-order valence-electron chi connectivity index (χ3n) is 4.80. The van der Waals surface area contributed by atoms with Gasteiger partial charge >= 0.3 is 0 Å². The number of nitrogens with zero attached hydrogens (tertiary/aromatic N) is 3. The molecule has 0 aromatic carbocycles. The molecule has 0 aliphatic carbocycles. The number of piperidine rings is 1. The third-order valence-corrected chi connectivity index (χ3v) is 4.80.